The van der Waals surface area contributed by atoms with Crippen molar-refractivity contribution in [2.75, 3.05) is 5.88 Å². The first-order chi connectivity index (χ1) is 7.13. The summed E-state index contributed by atoms with van der Waals surface area (Å²) in [6.07, 6.45) is 1.42. The van der Waals surface area contributed by atoms with Gasteiger partial charge in [0.05, 0.1) is 5.02 Å². The molecule has 1 aromatic carbocycles. The molecular formula is C11H11Cl2FO. The number of Topliss-reactive ketones (excluding diaryl/α,β-unsaturated/α-hetero) is 1. The maximum absolute atomic E-state index is 12.8. The van der Waals surface area contributed by atoms with E-state index in [9.17, 15) is 9.18 Å². The van der Waals surface area contributed by atoms with Gasteiger partial charge in [0.2, 0.25) is 0 Å². The number of ketones is 1. The Labute approximate surface area is 98.2 Å². The predicted molar refractivity (Wildman–Crippen MR) is 60.1 cm³/mol. The second-order valence-corrected chi connectivity index (χ2v) is 4.04. The highest BCUT2D eigenvalue weighted by Crippen LogP contribution is 2.16. The zero-order valence-electron chi connectivity index (χ0n) is 8.10. The molecule has 15 heavy (non-hydrogen) atoms. The summed E-state index contributed by atoms with van der Waals surface area (Å²) in [5, 5.41) is 0.0534. The van der Waals surface area contributed by atoms with Crippen LogP contribution in [0.4, 0.5) is 4.39 Å². The van der Waals surface area contributed by atoms with E-state index in [1.54, 1.807) is 6.07 Å². The van der Waals surface area contributed by atoms with Crippen LogP contribution in [0.15, 0.2) is 18.2 Å². The molecule has 0 aliphatic rings. The highest BCUT2D eigenvalue weighted by molar-refractivity contribution is 6.30. The topological polar surface area (TPSA) is 17.1 Å². The Kier molecular flexibility index (Phi) is 5.06. The van der Waals surface area contributed by atoms with Gasteiger partial charge in [-0.25, -0.2) is 4.39 Å². The van der Waals surface area contributed by atoms with E-state index in [1.165, 1.54) is 12.1 Å². The van der Waals surface area contributed by atoms with Crippen molar-refractivity contribution in [3.05, 3.63) is 34.6 Å². The third-order valence-corrected chi connectivity index (χ3v) is 2.53. The largest absolute Gasteiger partial charge is 0.299 e. The lowest BCUT2D eigenvalue weighted by atomic mass is 10.1. The van der Waals surface area contributed by atoms with Gasteiger partial charge in [-0.05, 0) is 24.1 Å². The molecule has 0 bridgehead atoms. The van der Waals surface area contributed by atoms with Crippen LogP contribution in [-0.2, 0) is 11.2 Å². The molecule has 0 aromatic heterocycles. The number of carbonyl (C=O) groups is 1. The van der Waals surface area contributed by atoms with Crippen molar-refractivity contribution >= 4 is 29.0 Å². The van der Waals surface area contributed by atoms with Gasteiger partial charge in [0.25, 0.3) is 0 Å². The van der Waals surface area contributed by atoms with Crippen molar-refractivity contribution in [3.63, 3.8) is 0 Å². The van der Waals surface area contributed by atoms with E-state index in [4.69, 9.17) is 23.2 Å². The summed E-state index contributed by atoms with van der Waals surface area (Å²) in [5.74, 6) is 0.113. The van der Waals surface area contributed by atoms with Gasteiger partial charge in [-0.15, -0.1) is 11.6 Å². The van der Waals surface area contributed by atoms with Crippen molar-refractivity contribution in [2.24, 2.45) is 0 Å². The van der Waals surface area contributed by atoms with E-state index in [2.05, 4.69) is 0 Å². The molecule has 0 saturated heterocycles. The molecule has 1 rings (SSSR count). The summed E-state index contributed by atoms with van der Waals surface area (Å²) in [5.41, 5.74) is 0.737. The maximum atomic E-state index is 12.8. The highest BCUT2D eigenvalue weighted by atomic mass is 35.5. The maximum Gasteiger partial charge on any atom is 0.141 e. The fourth-order valence-corrected chi connectivity index (χ4v) is 1.57. The van der Waals surface area contributed by atoms with Gasteiger partial charge in [-0.2, -0.15) is 0 Å². The van der Waals surface area contributed by atoms with E-state index in [-0.39, 0.29) is 17.2 Å². The molecule has 0 aliphatic carbocycles. The summed E-state index contributed by atoms with van der Waals surface area (Å²) in [6, 6.07) is 4.32. The van der Waals surface area contributed by atoms with E-state index < -0.39 is 5.82 Å². The molecule has 82 valence electrons. The summed E-state index contributed by atoms with van der Waals surface area (Å²) in [4.78, 5) is 11.4. The molecule has 0 saturated carbocycles. The van der Waals surface area contributed by atoms with Crippen LogP contribution >= 0.6 is 23.2 Å². The van der Waals surface area contributed by atoms with Gasteiger partial charge < -0.3 is 0 Å². The van der Waals surface area contributed by atoms with Crippen LogP contribution in [0.5, 0.6) is 0 Å². The first-order valence-electron chi connectivity index (χ1n) is 4.65. The zero-order valence-corrected chi connectivity index (χ0v) is 9.61. The number of carbonyl (C=O) groups excluding carboxylic acids is 1. The lowest BCUT2D eigenvalue weighted by Gasteiger charge is -2.01. The molecule has 0 fully saturated rings. The molecule has 4 heteroatoms. The Bertz CT molecular complexity index is 352. The third kappa shape index (κ3) is 4.18. The van der Waals surface area contributed by atoms with Crippen LogP contribution < -0.4 is 0 Å². The Morgan fingerprint density at radius 2 is 2.13 bits per heavy atom. The number of halogens is 3. The minimum absolute atomic E-state index is 0.0534. The van der Waals surface area contributed by atoms with E-state index >= 15 is 0 Å². The molecule has 0 unspecified atom stereocenters. The van der Waals surface area contributed by atoms with Crippen molar-refractivity contribution in [2.45, 2.75) is 19.3 Å². The number of benzene rings is 1. The van der Waals surface area contributed by atoms with Crippen LogP contribution in [0.3, 0.4) is 0 Å². The Balaban J connectivity index is 2.57. The second kappa shape index (κ2) is 6.09. The Morgan fingerprint density at radius 3 is 2.73 bits per heavy atom. The molecule has 0 amide bonds. The van der Waals surface area contributed by atoms with Gasteiger partial charge in [0.1, 0.15) is 11.6 Å². The summed E-state index contributed by atoms with van der Waals surface area (Å²) in [6.45, 7) is 0. The second-order valence-electron chi connectivity index (χ2n) is 3.26. The standard InChI is InChI=1S/C11H11Cl2FO/c12-5-1-2-9(15)6-8-3-4-11(14)10(13)7-8/h3-4,7H,1-2,5-6H2. The van der Waals surface area contributed by atoms with Crippen LogP contribution in [0, 0.1) is 5.82 Å². The number of hydrogen-bond acceptors (Lipinski definition) is 1. The Morgan fingerprint density at radius 1 is 1.40 bits per heavy atom. The van der Waals surface area contributed by atoms with Crippen molar-refractivity contribution < 1.29 is 9.18 Å². The smallest absolute Gasteiger partial charge is 0.141 e. The van der Waals surface area contributed by atoms with Crippen LogP contribution in [0.25, 0.3) is 0 Å². The van der Waals surface area contributed by atoms with Crippen LogP contribution in [0.2, 0.25) is 5.02 Å². The molecule has 1 nitrogen and oxygen atoms in total. The van der Waals surface area contributed by atoms with E-state index in [0.29, 0.717) is 18.7 Å². The summed E-state index contributed by atoms with van der Waals surface area (Å²) < 4.78 is 12.8. The zero-order chi connectivity index (χ0) is 11.3. The van der Waals surface area contributed by atoms with E-state index in [1.807, 2.05) is 0 Å². The van der Waals surface area contributed by atoms with Crippen molar-refractivity contribution in [3.8, 4) is 0 Å². The van der Waals surface area contributed by atoms with Gasteiger partial charge in [0, 0.05) is 18.7 Å². The van der Waals surface area contributed by atoms with E-state index in [0.717, 1.165) is 5.56 Å². The molecule has 0 aliphatic heterocycles. The first kappa shape index (κ1) is 12.5. The fraction of sp³-hybridized carbons (Fsp3) is 0.364. The van der Waals surface area contributed by atoms with Crippen LogP contribution in [-0.4, -0.2) is 11.7 Å². The molecule has 0 atom stereocenters. The minimum atomic E-state index is -0.464. The Hall–Kier alpha value is -0.600. The quantitative estimate of drug-likeness (QED) is 0.728. The monoisotopic (exact) mass is 248 g/mol. The molecule has 0 N–H and O–H groups in total. The SMILES string of the molecule is O=C(CCCCl)Cc1ccc(F)c(Cl)c1. The van der Waals surface area contributed by atoms with Gasteiger partial charge >= 0.3 is 0 Å². The van der Waals surface area contributed by atoms with Gasteiger partial charge in [-0.1, -0.05) is 17.7 Å². The normalized spacial score (nSPS) is 10.3. The fourth-order valence-electron chi connectivity index (χ4n) is 1.23. The highest BCUT2D eigenvalue weighted by Gasteiger charge is 2.06. The van der Waals surface area contributed by atoms with Crippen molar-refractivity contribution in [1.82, 2.24) is 0 Å². The van der Waals surface area contributed by atoms with Gasteiger partial charge in [0.15, 0.2) is 0 Å². The molecular weight excluding hydrogens is 238 g/mol. The lowest BCUT2D eigenvalue weighted by Crippen LogP contribution is -2.02. The average Bonchev–Trinajstić information content (AvgIpc) is 2.20. The average molecular weight is 249 g/mol. The van der Waals surface area contributed by atoms with Crippen molar-refractivity contribution in [1.29, 1.82) is 0 Å². The number of rotatable bonds is 5. The van der Waals surface area contributed by atoms with Gasteiger partial charge in [-0.3, -0.25) is 4.79 Å². The third-order valence-electron chi connectivity index (χ3n) is 1.97. The predicted octanol–water partition coefficient (Wildman–Crippen LogP) is 3.61. The summed E-state index contributed by atoms with van der Waals surface area (Å²) in [7, 11) is 0. The molecule has 1 aromatic rings. The molecule has 0 heterocycles. The summed E-state index contributed by atoms with van der Waals surface area (Å²) >= 11 is 11.1. The first-order valence-corrected chi connectivity index (χ1v) is 5.56. The van der Waals surface area contributed by atoms with Crippen LogP contribution in [0.1, 0.15) is 18.4 Å². The minimum Gasteiger partial charge on any atom is -0.299 e. The molecule has 0 spiro atoms. The number of hydrogen-bond donors (Lipinski definition) is 0. The molecule has 0 radical (unpaired) electrons. The lowest BCUT2D eigenvalue weighted by molar-refractivity contribution is -0.118. The number of alkyl halides is 1.